The molecule has 1 heterocycles. The van der Waals surface area contributed by atoms with Crippen molar-refractivity contribution in [3.8, 4) is 0 Å². The third-order valence-corrected chi connectivity index (χ3v) is 6.33. The zero-order chi connectivity index (χ0) is 25.2. The fourth-order valence-electron chi connectivity index (χ4n) is 4.21. The van der Waals surface area contributed by atoms with Gasteiger partial charge in [0, 0.05) is 17.3 Å². The lowest BCUT2D eigenvalue weighted by Crippen LogP contribution is -2.46. The molecule has 0 bridgehead atoms. The Bertz CT molecular complexity index is 1290. The number of amides is 3. The van der Waals surface area contributed by atoms with E-state index in [-0.39, 0.29) is 30.2 Å². The largest absolute Gasteiger partial charge is 0.438 e. The van der Waals surface area contributed by atoms with E-state index >= 15 is 0 Å². The Morgan fingerprint density at radius 1 is 1.03 bits per heavy atom. The Kier molecular flexibility index (Phi) is 6.41. The summed E-state index contributed by atoms with van der Waals surface area (Å²) in [5.74, 6) is -0.950. The molecule has 8 heteroatoms. The van der Waals surface area contributed by atoms with E-state index in [0.717, 1.165) is 18.4 Å². The summed E-state index contributed by atoms with van der Waals surface area (Å²) < 4.78 is 19.1. The van der Waals surface area contributed by atoms with Crippen LogP contribution >= 0.6 is 0 Å². The van der Waals surface area contributed by atoms with Crippen LogP contribution in [0.2, 0.25) is 0 Å². The average Bonchev–Trinajstić information content (AvgIpc) is 3.62. The highest BCUT2D eigenvalue weighted by Gasteiger charge is 2.48. The highest BCUT2D eigenvalue weighted by molar-refractivity contribution is 6.04. The van der Waals surface area contributed by atoms with Gasteiger partial charge in [-0.1, -0.05) is 42.0 Å². The molecule has 5 rings (SSSR count). The molecule has 0 spiro atoms. The molecular formula is C28H26FN3O4. The van der Waals surface area contributed by atoms with Gasteiger partial charge in [-0.15, -0.1) is 0 Å². The zero-order valence-electron chi connectivity index (χ0n) is 19.7. The van der Waals surface area contributed by atoms with Crippen LogP contribution in [0, 0.1) is 12.7 Å². The lowest BCUT2D eigenvalue weighted by atomic mass is 10.00. The average molecular weight is 488 g/mol. The van der Waals surface area contributed by atoms with Gasteiger partial charge in [-0.25, -0.2) is 9.18 Å². The first-order valence-corrected chi connectivity index (χ1v) is 11.9. The van der Waals surface area contributed by atoms with Crippen molar-refractivity contribution in [2.75, 3.05) is 5.32 Å². The molecule has 3 aromatic rings. The second-order valence-electron chi connectivity index (χ2n) is 9.23. The second-order valence-corrected chi connectivity index (χ2v) is 9.23. The van der Waals surface area contributed by atoms with Crippen LogP contribution < -0.4 is 10.6 Å². The van der Waals surface area contributed by atoms with E-state index in [0.29, 0.717) is 22.4 Å². The molecule has 3 amide bonds. The SMILES string of the molecule is Cc1ccc(C(=O)Nc2cccc([C@H]3OC(=O)N(Cc4ccc(F)cc4)[C@@H]3C(=O)NC3CC3)c2)cc1. The summed E-state index contributed by atoms with van der Waals surface area (Å²) in [5, 5.41) is 5.84. The van der Waals surface area contributed by atoms with Crippen molar-refractivity contribution in [3.05, 3.63) is 101 Å². The molecule has 2 atom stereocenters. The quantitative estimate of drug-likeness (QED) is 0.505. The third kappa shape index (κ3) is 5.22. The molecule has 184 valence electrons. The lowest BCUT2D eigenvalue weighted by Gasteiger charge is -2.24. The van der Waals surface area contributed by atoms with Gasteiger partial charge < -0.3 is 15.4 Å². The third-order valence-electron chi connectivity index (χ3n) is 6.33. The Morgan fingerprint density at radius 3 is 2.44 bits per heavy atom. The Labute approximate surface area is 208 Å². The van der Waals surface area contributed by atoms with Gasteiger partial charge in [0.25, 0.3) is 5.91 Å². The smallest absolute Gasteiger partial charge is 0.411 e. The zero-order valence-corrected chi connectivity index (χ0v) is 19.7. The molecule has 2 fully saturated rings. The second kappa shape index (κ2) is 9.81. The molecule has 1 saturated carbocycles. The molecule has 1 aliphatic carbocycles. The van der Waals surface area contributed by atoms with Crippen molar-refractivity contribution in [2.24, 2.45) is 0 Å². The van der Waals surface area contributed by atoms with E-state index in [4.69, 9.17) is 4.74 Å². The number of nitrogens with zero attached hydrogens (tertiary/aromatic N) is 1. The Morgan fingerprint density at radius 2 is 1.75 bits per heavy atom. The van der Waals surface area contributed by atoms with Crippen molar-refractivity contribution in [1.82, 2.24) is 10.2 Å². The van der Waals surface area contributed by atoms with Crippen LogP contribution in [0.5, 0.6) is 0 Å². The summed E-state index contributed by atoms with van der Waals surface area (Å²) in [5.41, 5.74) is 3.36. The number of cyclic esters (lactones) is 1. The lowest BCUT2D eigenvalue weighted by molar-refractivity contribution is -0.126. The van der Waals surface area contributed by atoms with E-state index < -0.39 is 18.2 Å². The topological polar surface area (TPSA) is 87.7 Å². The molecule has 3 aromatic carbocycles. The van der Waals surface area contributed by atoms with Crippen molar-refractivity contribution in [3.63, 3.8) is 0 Å². The van der Waals surface area contributed by atoms with Crippen molar-refractivity contribution in [1.29, 1.82) is 0 Å². The first-order chi connectivity index (χ1) is 17.4. The molecular weight excluding hydrogens is 461 g/mol. The van der Waals surface area contributed by atoms with Gasteiger partial charge in [0.1, 0.15) is 5.82 Å². The minimum atomic E-state index is -0.911. The van der Waals surface area contributed by atoms with E-state index in [1.54, 1.807) is 48.5 Å². The van der Waals surface area contributed by atoms with Gasteiger partial charge in [-0.2, -0.15) is 0 Å². The molecule has 1 saturated heterocycles. The summed E-state index contributed by atoms with van der Waals surface area (Å²) in [6.07, 6.45) is 0.301. The van der Waals surface area contributed by atoms with Gasteiger partial charge in [0.05, 0.1) is 6.54 Å². The molecule has 1 aliphatic heterocycles. The molecule has 2 aliphatic rings. The molecule has 2 N–H and O–H groups in total. The first kappa shape index (κ1) is 23.5. The number of aryl methyl sites for hydroxylation is 1. The standard InChI is InChI=1S/C28H26FN3O4/c1-17-5-9-19(10-6-17)26(33)31-23-4-2-3-20(15-23)25-24(27(34)30-22-13-14-22)32(28(35)36-25)16-18-7-11-21(29)12-8-18/h2-12,15,22,24-25H,13-14,16H2,1H3,(H,30,34)(H,31,33)/t24-,25+/m0/s1. The van der Waals surface area contributed by atoms with Crippen LogP contribution in [-0.4, -0.2) is 34.9 Å². The fraction of sp³-hybridized carbons (Fsp3) is 0.250. The number of benzene rings is 3. The highest BCUT2D eigenvalue weighted by atomic mass is 19.1. The van der Waals surface area contributed by atoms with Crippen LogP contribution in [0.25, 0.3) is 0 Å². The molecule has 36 heavy (non-hydrogen) atoms. The van der Waals surface area contributed by atoms with Gasteiger partial charge in [-0.05, 0) is 67.3 Å². The maximum atomic E-state index is 13.4. The van der Waals surface area contributed by atoms with Crippen LogP contribution in [0.1, 0.15) is 46.0 Å². The Hall–Kier alpha value is -4.20. The maximum Gasteiger partial charge on any atom is 0.411 e. The van der Waals surface area contributed by atoms with Gasteiger partial charge >= 0.3 is 6.09 Å². The fourth-order valence-corrected chi connectivity index (χ4v) is 4.21. The number of ether oxygens (including phenoxy) is 1. The van der Waals surface area contributed by atoms with E-state index in [1.165, 1.54) is 17.0 Å². The Balaban J connectivity index is 1.39. The van der Waals surface area contributed by atoms with Gasteiger partial charge in [-0.3, -0.25) is 14.5 Å². The van der Waals surface area contributed by atoms with Crippen LogP contribution in [-0.2, 0) is 16.1 Å². The number of anilines is 1. The number of carbonyl (C=O) groups excluding carboxylic acids is 3. The normalized spacial score (nSPS) is 19.1. The number of hydrogen-bond donors (Lipinski definition) is 2. The number of halogens is 1. The van der Waals surface area contributed by atoms with E-state index in [2.05, 4.69) is 10.6 Å². The van der Waals surface area contributed by atoms with Gasteiger partial charge in [0.2, 0.25) is 5.91 Å². The van der Waals surface area contributed by atoms with Crippen molar-refractivity contribution >= 4 is 23.6 Å². The summed E-state index contributed by atoms with van der Waals surface area (Å²) in [7, 11) is 0. The van der Waals surface area contributed by atoms with E-state index in [9.17, 15) is 18.8 Å². The molecule has 0 unspecified atom stereocenters. The maximum absolute atomic E-state index is 13.4. The summed E-state index contributed by atoms with van der Waals surface area (Å²) in [6.45, 7) is 2.05. The summed E-state index contributed by atoms with van der Waals surface area (Å²) in [4.78, 5) is 40.2. The van der Waals surface area contributed by atoms with Crippen molar-refractivity contribution < 1.29 is 23.5 Å². The predicted molar refractivity (Wildman–Crippen MR) is 132 cm³/mol. The molecule has 0 radical (unpaired) electrons. The minimum absolute atomic E-state index is 0.0988. The van der Waals surface area contributed by atoms with Gasteiger partial charge in [0.15, 0.2) is 12.1 Å². The number of hydrogen-bond acceptors (Lipinski definition) is 4. The van der Waals surface area contributed by atoms with Crippen LogP contribution in [0.4, 0.5) is 14.9 Å². The molecule has 0 aromatic heterocycles. The van der Waals surface area contributed by atoms with Crippen LogP contribution in [0.3, 0.4) is 0 Å². The summed E-state index contributed by atoms with van der Waals surface area (Å²) in [6, 6.07) is 19.1. The summed E-state index contributed by atoms with van der Waals surface area (Å²) >= 11 is 0. The predicted octanol–water partition coefficient (Wildman–Crippen LogP) is 4.73. The number of nitrogens with one attached hydrogen (secondary N) is 2. The van der Waals surface area contributed by atoms with Crippen molar-refractivity contribution in [2.45, 2.75) is 44.5 Å². The minimum Gasteiger partial charge on any atom is -0.438 e. The molecule has 7 nitrogen and oxygen atoms in total. The first-order valence-electron chi connectivity index (χ1n) is 11.9. The monoisotopic (exact) mass is 487 g/mol. The van der Waals surface area contributed by atoms with E-state index in [1.807, 2.05) is 19.1 Å². The highest BCUT2D eigenvalue weighted by Crippen LogP contribution is 2.35. The number of carbonyl (C=O) groups is 3. The number of rotatable bonds is 7. The van der Waals surface area contributed by atoms with Crippen LogP contribution in [0.15, 0.2) is 72.8 Å².